The maximum absolute atomic E-state index is 11.7. The highest BCUT2D eigenvalue weighted by Gasteiger charge is 2.14. The van der Waals surface area contributed by atoms with Crippen molar-refractivity contribution in [3.05, 3.63) is 24.0 Å². The predicted octanol–water partition coefficient (Wildman–Crippen LogP) is 1.17. The summed E-state index contributed by atoms with van der Waals surface area (Å²) in [6.07, 6.45) is 3.97. The number of hydrogen-bond donors (Lipinski definition) is 2. The maximum Gasteiger partial charge on any atom is 0.239 e. The van der Waals surface area contributed by atoms with Crippen molar-refractivity contribution in [2.75, 3.05) is 27.3 Å². The molecule has 0 aliphatic carbocycles. The van der Waals surface area contributed by atoms with Gasteiger partial charge in [0, 0.05) is 32.1 Å². The van der Waals surface area contributed by atoms with Crippen LogP contribution in [0.1, 0.15) is 25.5 Å². The third-order valence-corrected chi connectivity index (χ3v) is 3.06. The van der Waals surface area contributed by atoms with Gasteiger partial charge in [0.25, 0.3) is 0 Å². The molecule has 0 aliphatic rings. The second-order valence-electron chi connectivity index (χ2n) is 4.97. The molecular weight excluding hydrogens is 242 g/mol. The van der Waals surface area contributed by atoms with Gasteiger partial charge in [-0.2, -0.15) is 0 Å². The van der Waals surface area contributed by atoms with Gasteiger partial charge in [-0.15, -0.1) is 0 Å². The van der Waals surface area contributed by atoms with Crippen LogP contribution in [0.4, 0.5) is 0 Å². The van der Waals surface area contributed by atoms with Crippen LogP contribution in [0.15, 0.2) is 18.5 Å². The first-order valence-electron chi connectivity index (χ1n) is 6.67. The average molecular weight is 267 g/mol. The number of methoxy groups -OCH3 is 1. The monoisotopic (exact) mass is 267 g/mol. The molecule has 0 fully saturated rings. The van der Waals surface area contributed by atoms with Crippen molar-refractivity contribution < 1.29 is 9.53 Å². The van der Waals surface area contributed by atoms with E-state index in [1.54, 1.807) is 7.11 Å². The van der Waals surface area contributed by atoms with Crippen LogP contribution in [0.5, 0.6) is 0 Å². The number of hydrogen-bond acceptors (Lipinski definition) is 3. The molecule has 1 aromatic heterocycles. The average Bonchev–Trinajstić information content (AvgIpc) is 2.78. The third kappa shape index (κ3) is 5.04. The predicted molar refractivity (Wildman–Crippen MR) is 76.0 cm³/mol. The SMILES string of the molecule is CNC(c1ccn(CC(=O)NCCOC)c1)C(C)C. The molecular formula is C14H25N3O2. The lowest BCUT2D eigenvalue weighted by Gasteiger charge is -2.18. The molecule has 1 amide bonds. The Morgan fingerprint density at radius 2 is 2.21 bits per heavy atom. The van der Waals surface area contributed by atoms with Gasteiger partial charge in [0.1, 0.15) is 6.54 Å². The number of rotatable bonds is 8. The van der Waals surface area contributed by atoms with E-state index in [4.69, 9.17) is 4.74 Å². The number of nitrogens with one attached hydrogen (secondary N) is 2. The Morgan fingerprint density at radius 1 is 1.47 bits per heavy atom. The Balaban J connectivity index is 2.52. The van der Waals surface area contributed by atoms with E-state index in [0.29, 0.717) is 31.7 Å². The molecule has 0 saturated carbocycles. The third-order valence-electron chi connectivity index (χ3n) is 3.06. The van der Waals surface area contributed by atoms with E-state index in [1.807, 2.05) is 24.0 Å². The van der Waals surface area contributed by atoms with E-state index >= 15 is 0 Å². The van der Waals surface area contributed by atoms with E-state index < -0.39 is 0 Å². The van der Waals surface area contributed by atoms with E-state index in [2.05, 4.69) is 30.5 Å². The first-order valence-corrected chi connectivity index (χ1v) is 6.67. The van der Waals surface area contributed by atoms with Crippen LogP contribution in [0.2, 0.25) is 0 Å². The standard InChI is InChI=1S/C14H25N3O2/c1-11(2)14(15-3)12-5-7-17(9-12)10-13(18)16-6-8-19-4/h5,7,9,11,14-15H,6,8,10H2,1-4H3,(H,16,18). The molecule has 0 saturated heterocycles. The summed E-state index contributed by atoms with van der Waals surface area (Å²) >= 11 is 0. The van der Waals surface area contributed by atoms with E-state index in [-0.39, 0.29) is 5.91 Å². The molecule has 5 nitrogen and oxygen atoms in total. The Bertz CT molecular complexity index is 388. The molecule has 0 aromatic carbocycles. The molecule has 1 heterocycles. The second kappa shape index (κ2) is 7.96. The lowest BCUT2D eigenvalue weighted by Crippen LogP contribution is -2.30. The molecule has 19 heavy (non-hydrogen) atoms. The zero-order valence-corrected chi connectivity index (χ0v) is 12.3. The van der Waals surface area contributed by atoms with Gasteiger partial charge < -0.3 is 19.9 Å². The Kier molecular flexibility index (Phi) is 6.59. The van der Waals surface area contributed by atoms with Gasteiger partial charge in [0.05, 0.1) is 6.61 Å². The largest absolute Gasteiger partial charge is 0.383 e. The number of aromatic nitrogens is 1. The maximum atomic E-state index is 11.7. The fraction of sp³-hybridized carbons (Fsp3) is 0.643. The van der Waals surface area contributed by atoms with Gasteiger partial charge in [0.2, 0.25) is 5.91 Å². The fourth-order valence-electron chi connectivity index (χ4n) is 2.14. The number of carbonyl (C=O) groups excluding carboxylic acids is 1. The topological polar surface area (TPSA) is 55.3 Å². The van der Waals surface area contributed by atoms with Crippen molar-refractivity contribution in [1.82, 2.24) is 15.2 Å². The summed E-state index contributed by atoms with van der Waals surface area (Å²) in [7, 11) is 3.58. The van der Waals surface area contributed by atoms with Crippen LogP contribution in [-0.2, 0) is 16.1 Å². The lowest BCUT2D eigenvalue weighted by atomic mass is 9.99. The Labute approximate surface area is 115 Å². The quantitative estimate of drug-likeness (QED) is 0.695. The van der Waals surface area contributed by atoms with Gasteiger partial charge in [-0.25, -0.2) is 0 Å². The molecule has 2 N–H and O–H groups in total. The van der Waals surface area contributed by atoms with Crippen molar-refractivity contribution >= 4 is 5.91 Å². The number of amides is 1. The summed E-state index contributed by atoms with van der Waals surface area (Å²) in [6, 6.07) is 2.38. The number of nitrogens with zero attached hydrogens (tertiary/aromatic N) is 1. The van der Waals surface area contributed by atoms with Crippen LogP contribution in [0.3, 0.4) is 0 Å². The number of ether oxygens (including phenoxy) is 1. The summed E-state index contributed by atoms with van der Waals surface area (Å²) in [4.78, 5) is 11.7. The van der Waals surface area contributed by atoms with E-state index in [0.717, 1.165) is 0 Å². The minimum absolute atomic E-state index is 0.00440. The van der Waals surface area contributed by atoms with Crippen molar-refractivity contribution in [1.29, 1.82) is 0 Å². The summed E-state index contributed by atoms with van der Waals surface area (Å²) in [6.45, 7) is 5.79. The first-order chi connectivity index (χ1) is 9.08. The minimum Gasteiger partial charge on any atom is -0.383 e. The van der Waals surface area contributed by atoms with Gasteiger partial charge >= 0.3 is 0 Å². The summed E-state index contributed by atoms with van der Waals surface area (Å²) in [5, 5.41) is 6.10. The molecule has 1 rings (SSSR count). The van der Waals surface area contributed by atoms with Gasteiger partial charge in [-0.3, -0.25) is 4.79 Å². The second-order valence-corrected chi connectivity index (χ2v) is 4.97. The zero-order valence-electron chi connectivity index (χ0n) is 12.3. The van der Waals surface area contributed by atoms with E-state index in [1.165, 1.54) is 5.56 Å². The molecule has 0 radical (unpaired) electrons. The van der Waals surface area contributed by atoms with Crippen molar-refractivity contribution in [2.45, 2.75) is 26.4 Å². The fourth-order valence-corrected chi connectivity index (χ4v) is 2.14. The molecule has 1 aromatic rings. The van der Waals surface area contributed by atoms with Gasteiger partial charge in [-0.05, 0) is 24.6 Å². The van der Waals surface area contributed by atoms with Crippen molar-refractivity contribution in [3.63, 3.8) is 0 Å². The smallest absolute Gasteiger partial charge is 0.239 e. The number of carbonyl (C=O) groups is 1. The zero-order chi connectivity index (χ0) is 14.3. The molecule has 5 heteroatoms. The van der Waals surface area contributed by atoms with Crippen molar-refractivity contribution in [2.24, 2.45) is 5.92 Å². The highest BCUT2D eigenvalue weighted by molar-refractivity contribution is 5.75. The highest BCUT2D eigenvalue weighted by atomic mass is 16.5. The highest BCUT2D eigenvalue weighted by Crippen LogP contribution is 2.21. The molecule has 108 valence electrons. The lowest BCUT2D eigenvalue weighted by molar-refractivity contribution is -0.121. The van der Waals surface area contributed by atoms with Crippen LogP contribution in [-0.4, -0.2) is 37.8 Å². The molecule has 0 spiro atoms. The van der Waals surface area contributed by atoms with Crippen LogP contribution < -0.4 is 10.6 Å². The van der Waals surface area contributed by atoms with Gasteiger partial charge in [-0.1, -0.05) is 13.8 Å². The molecule has 1 unspecified atom stereocenters. The minimum atomic E-state index is 0.00440. The molecule has 1 atom stereocenters. The normalized spacial score (nSPS) is 12.7. The van der Waals surface area contributed by atoms with Gasteiger partial charge in [0.15, 0.2) is 0 Å². The summed E-state index contributed by atoms with van der Waals surface area (Å²) < 4.78 is 6.80. The van der Waals surface area contributed by atoms with Crippen molar-refractivity contribution in [3.8, 4) is 0 Å². The summed E-state index contributed by atoms with van der Waals surface area (Å²) in [5.74, 6) is 0.515. The van der Waals surface area contributed by atoms with E-state index in [9.17, 15) is 4.79 Å². The Hall–Kier alpha value is -1.33. The van der Waals surface area contributed by atoms with Crippen LogP contribution in [0, 0.1) is 5.92 Å². The molecule has 0 bridgehead atoms. The molecule has 0 aliphatic heterocycles. The summed E-state index contributed by atoms with van der Waals surface area (Å²) in [5.41, 5.74) is 1.21. The van der Waals surface area contributed by atoms with Crippen LogP contribution in [0.25, 0.3) is 0 Å². The first kappa shape index (κ1) is 15.7. The van der Waals surface area contributed by atoms with Crippen LogP contribution >= 0.6 is 0 Å². The Morgan fingerprint density at radius 3 is 2.79 bits per heavy atom.